The van der Waals surface area contributed by atoms with Crippen LogP contribution in [0.3, 0.4) is 0 Å². The average Bonchev–Trinajstić information content (AvgIpc) is 2.57. The molecule has 0 aliphatic rings. The first-order valence-corrected chi connectivity index (χ1v) is 9.32. The van der Waals surface area contributed by atoms with Crippen LogP contribution in [0.2, 0.25) is 0 Å². The first-order chi connectivity index (χ1) is 11.1. The van der Waals surface area contributed by atoms with Gasteiger partial charge in [0, 0.05) is 24.1 Å². The van der Waals surface area contributed by atoms with Crippen molar-refractivity contribution in [2.24, 2.45) is 4.99 Å². The van der Waals surface area contributed by atoms with E-state index >= 15 is 0 Å². The molecule has 130 valence electrons. The number of nitrogens with zero attached hydrogens (tertiary/aromatic N) is 2. The Balaban J connectivity index is 2.30. The molecule has 0 aliphatic heterocycles. The van der Waals surface area contributed by atoms with E-state index in [1.165, 1.54) is 18.5 Å². The summed E-state index contributed by atoms with van der Waals surface area (Å²) >= 11 is 3.46. The minimum Gasteiger partial charge on any atom is -0.354 e. The maximum absolute atomic E-state index is 4.31. The van der Waals surface area contributed by atoms with Gasteiger partial charge in [0.2, 0.25) is 0 Å². The lowest BCUT2D eigenvalue weighted by Gasteiger charge is -2.21. The van der Waals surface area contributed by atoms with Gasteiger partial charge in [-0.15, -0.1) is 0 Å². The van der Waals surface area contributed by atoms with E-state index in [0.717, 1.165) is 36.5 Å². The molecule has 0 heterocycles. The SMILES string of the molecule is CCN(CC)CCCC(C)NC(=NC)NCc1ccc(Br)cc1. The Morgan fingerprint density at radius 3 is 2.43 bits per heavy atom. The number of guanidine groups is 1. The van der Waals surface area contributed by atoms with Crippen molar-refractivity contribution in [2.75, 3.05) is 26.7 Å². The molecule has 1 unspecified atom stereocenters. The van der Waals surface area contributed by atoms with Gasteiger partial charge in [0.15, 0.2) is 5.96 Å². The van der Waals surface area contributed by atoms with Gasteiger partial charge >= 0.3 is 0 Å². The molecule has 1 rings (SSSR count). The predicted molar refractivity (Wildman–Crippen MR) is 104 cm³/mol. The second kappa shape index (κ2) is 11.5. The molecule has 0 aromatic heterocycles. The van der Waals surface area contributed by atoms with Crippen LogP contribution in [0.25, 0.3) is 0 Å². The summed E-state index contributed by atoms with van der Waals surface area (Å²) in [6.45, 7) is 10.9. The van der Waals surface area contributed by atoms with Gasteiger partial charge in [0.25, 0.3) is 0 Å². The number of hydrogen-bond acceptors (Lipinski definition) is 2. The van der Waals surface area contributed by atoms with Crippen molar-refractivity contribution in [3.63, 3.8) is 0 Å². The fourth-order valence-corrected chi connectivity index (χ4v) is 2.71. The van der Waals surface area contributed by atoms with Crippen LogP contribution in [-0.4, -0.2) is 43.6 Å². The van der Waals surface area contributed by atoms with Gasteiger partial charge in [0.1, 0.15) is 0 Å². The Bertz CT molecular complexity index is 455. The van der Waals surface area contributed by atoms with E-state index < -0.39 is 0 Å². The molecule has 4 nitrogen and oxygen atoms in total. The summed E-state index contributed by atoms with van der Waals surface area (Å²) in [7, 11) is 1.82. The number of nitrogens with one attached hydrogen (secondary N) is 2. The van der Waals surface area contributed by atoms with E-state index in [2.05, 4.69) is 81.5 Å². The molecule has 2 N–H and O–H groups in total. The van der Waals surface area contributed by atoms with Crippen molar-refractivity contribution in [3.8, 4) is 0 Å². The highest BCUT2D eigenvalue weighted by Gasteiger charge is 2.06. The van der Waals surface area contributed by atoms with Gasteiger partial charge in [-0.2, -0.15) is 0 Å². The van der Waals surface area contributed by atoms with Crippen LogP contribution >= 0.6 is 15.9 Å². The Morgan fingerprint density at radius 1 is 1.22 bits per heavy atom. The van der Waals surface area contributed by atoms with Crippen LogP contribution in [0.4, 0.5) is 0 Å². The van der Waals surface area contributed by atoms with Crippen LogP contribution in [0.1, 0.15) is 39.2 Å². The van der Waals surface area contributed by atoms with Crippen LogP contribution in [-0.2, 0) is 6.54 Å². The van der Waals surface area contributed by atoms with Gasteiger partial charge in [0.05, 0.1) is 0 Å². The van der Waals surface area contributed by atoms with Crippen molar-refractivity contribution in [3.05, 3.63) is 34.3 Å². The monoisotopic (exact) mass is 382 g/mol. The van der Waals surface area contributed by atoms with Crippen LogP contribution < -0.4 is 10.6 Å². The zero-order valence-corrected chi connectivity index (χ0v) is 16.5. The van der Waals surface area contributed by atoms with E-state index in [1.54, 1.807) is 0 Å². The zero-order valence-electron chi connectivity index (χ0n) is 14.9. The molecule has 0 radical (unpaired) electrons. The van der Waals surface area contributed by atoms with Crippen LogP contribution in [0, 0.1) is 0 Å². The smallest absolute Gasteiger partial charge is 0.191 e. The fourth-order valence-electron chi connectivity index (χ4n) is 2.45. The minimum atomic E-state index is 0.418. The third-order valence-corrected chi connectivity index (χ3v) is 4.51. The van der Waals surface area contributed by atoms with E-state index in [4.69, 9.17) is 0 Å². The van der Waals surface area contributed by atoms with Crippen LogP contribution in [0.15, 0.2) is 33.7 Å². The van der Waals surface area contributed by atoms with Gasteiger partial charge in [-0.3, -0.25) is 4.99 Å². The minimum absolute atomic E-state index is 0.418. The summed E-state index contributed by atoms with van der Waals surface area (Å²) in [5.74, 6) is 0.864. The highest BCUT2D eigenvalue weighted by molar-refractivity contribution is 9.10. The summed E-state index contributed by atoms with van der Waals surface area (Å²) < 4.78 is 1.10. The molecular formula is C18H31BrN4. The summed E-state index contributed by atoms with van der Waals surface area (Å²) in [5.41, 5.74) is 1.24. The van der Waals surface area contributed by atoms with Gasteiger partial charge in [-0.1, -0.05) is 41.9 Å². The lowest BCUT2D eigenvalue weighted by molar-refractivity contribution is 0.292. The van der Waals surface area contributed by atoms with Crippen molar-refractivity contribution in [1.29, 1.82) is 0 Å². The Kier molecular flexibility index (Phi) is 9.96. The Labute approximate surface area is 149 Å². The second-order valence-electron chi connectivity index (χ2n) is 5.77. The van der Waals surface area contributed by atoms with Gasteiger partial charge in [-0.05, 0) is 57.1 Å². The van der Waals surface area contributed by atoms with E-state index in [9.17, 15) is 0 Å². The summed E-state index contributed by atoms with van der Waals surface area (Å²) in [6.07, 6.45) is 2.36. The van der Waals surface area contributed by atoms with Crippen molar-refractivity contribution in [2.45, 2.75) is 46.2 Å². The fraction of sp³-hybridized carbons (Fsp3) is 0.611. The van der Waals surface area contributed by atoms with Gasteiger partial charge in [-0.25, -0.2) is 0 Å². The standard InChI is InChI=1S/C18H31BrN4/c1-5-23(6-2)13-7-8-15(3)22-18(20-4)21-14-16-9-11-17(19)12-10-16/h9-12,15H,5-8,13-14H2,1-4H3,(H2,20,21,22). The maximum atomic E-state index is 4.31. The third kappa shape index (κ3) is 8.37. The molecule has 0 aliphatic carbocycles. The van der Waals surface area contributed by atoms with Crippen molar-refractivity contribution < 1.29 is 0 Å². The molecule has 1 atom stereocenters. The largest absolute Gasteiger partial charge is 0.354 e. The molecule has 23 heavy (non-hydrogen) atoms. The molecule has 5 heteroatoms. The third-order valence-electron chi connectivity index (χ3n) is 3.99. The molecule has 1 aromatic carbocycles. The molecule has 0 bridgehead atoms. The first kappa shape index (κ1) is 20.0. The number of halogens is 1. The molecule has 0 amide bonds. The van der Waals surface area contributed by atoms with Gasteiger partial charge < -0.3 is 15.5 Å². The van der Waals surface area contributed by atoms with Crippen LogP contribution in [0.5, 0.6) is 0 Å². The molecular weight excluding hydrogens is 352 g/mol. The van der Waals surface area contributed by atoms with E-state index in [-0.39, 0.29) is 0 Å². The molecule has 0 fully saturated rings. The predicted octanol–water partition coefficient (Wildman–Crippen LogP) is 3.62. The molecule has 0 saturated heterocycles. The van der Waals surface area contributed by atoms with E-state index in [0.29, 0.717) is 6.04 Å². The maximum Gasteiger partial charge on any atom is 0.191 e. The quantitative estimate of drug-likeness (QED) is 0.505. The lowest BCUT2D eigenvalue weighted by Crippen LogP contribution is -2.42. The Morgan fingerprint density at radius 2 is 1.87 bits per heavy atom. The number of rotatable bonds is 9. The molecule has 0 saturated carbocycles. The van der Waals surface area contributed by atoms with Crippen molar-refractivity contribution >= 4 is 21.9 Å². The first-order valence-electron chi connectivity index (χ1n) is 8.53. The number of benzene rings is 1. The summed E-state index contributed by atoms with van der Waals surface area (Å²) in [6, 6.07) is 8.75. The molecule has 0 spiro atoms. The normalized spacial score (nSPS) is 13.2. The zero-order chi connectivity index (χ0) is 17.1. The number of hydrogen-bond donors (Lipinski definition) is 2. The highest BCUT2D eigenvalue weighted by atomic mass is 79.9. The summed E-state index contributed by atoms with van der Waals surface area (Å²) in [4.78, 5) is 6.78. The lowest BCUT2D eigenvalue weighted by atomic mass is 10.2. The number of aliphatic imine (C=N–C) groups is 1. The second-order valence-corrected chi connectivity index (χ2v) is 6.68. The highest BCUT2D eigenvalue weighted by Crippen LogP contribution is 2.10. The molecule has 1 aromatic rings. The topological polar surface area (TPSA) is 39.7 Å². The Hall–Kier alpha value is -1.07. The average molecular weight is 383 g/mol. The van der Waals surface area contributed by atoms with E-state index in [1.807, 2.05) is 7.05 Å². The summed E-state index contributed by atoms with van der Waals surface area (Å²) in [5, 5.41) is 6.84. The van der Waals surface area contributed by atoms with Crippen molar-refractivity contribution in [1.82, 2.24) is 15.5 Å².